The molecule has 0 aliphatic carbocycles. The number of anilines is 2. The predicted molar refractivity (Wildman–Crippen MR) is 118 cm³/mol. The van der Waals surface area contributed by atoms with Gasteiger partial charge in [0, 0.05) is 28.9 Å². The largest absolute Gasteiger partial charge is 0.482 e. The second kappa shape index (κ2) is 8.16. The lowest BCUT2D eigenvalue weighted by Gasteiger charge is -2.28. The van der Waals surface area contributed by atoms with Gasteiger partial charge in [-0.1, -0.05) is 18.2 Å². The number of carbonyl (C=O) groups is 2. The number of fused-ring (bicyclic) bond motifs is 1. The van der Waals surface area contributed by atoms with Gasteiger partial charge < -0.3 is 14.6 Å². The van der Waals surface area contributed by atoms with E-state index in [1.807, 2.05) is 37.4 Å². The number of nitrogens with zero attached hydrogens (tertiary/aromatic N) is 3. The van der Waals surface area contributed by atoms with E-state index < -0.39 is 0 Å². The molecule has 1 N–H and O–H groups in total. The van der Waals surface area contributed by atoms with Gasteiger partial charge in [-0.2, -0.15) is 0 Å². The third-order valence-corrected chi connectivity index (χ3v) is 5.78. The second-order valence-electron chi connectivity index (χ2n) is 7.01. The highest BCUT2D eigenvalue weighted by Crippen LogP contribution is 2.32. The number of ether oxygens (including phenoxy) is 1. The summed E-state index contributed by atoms with van der Waals surface area (Å²) in [6.45, 7) is 8.46. The van der Waals surface area contributed by atoms with Gasteiger partial charge in [0.1, 0.15) is 12.3 Å². The molecule has 0 saturated heterocycles. The minimum Gasteiger partial charge on any atom is -0.482 e. The van der Waals surface area contributed by atoms with Gasteiger partial charge in [-0.05, 0) is 32.0 Å². The number of thiazole rings is 1. The molecule has 0 saturated carbocycles. The van der Waals surface area contributed by atoms with Crippen molar-refractivity contribution in [1.82, 2.24) is 9.55 Å². The summed E-state index contributed by atoms with van der Waals surface area (Å²) in [6, 6.07) is 9.27. The van der Waals surface area contributed by atoms with Crippen LogP contribution in [0.4, 0.5) is 10.8 Å². The average molecular weight is 423 g/mol. The van der Waals surface area contributed by atoms with Crippen molar-refractivity contribution in [2.45, 2.75) is 20.4 Å². The van der Waals surface area contributed by atoms with Crippen LogP contribution in [-0.4, -0.2) is 34.5 Å². The Morgan fingerprint density at radius 3 is 2.97 bits per heavy atom. The lowest BCUT2D eigenvalue weighted by molar-refractivity contribution is -0.123. The highest BCUT2D eigenvalue weighted by atomic mass is 32.1. The molecule has 0 bridgehead atoms. The first kappa shape index (κ1) is 19.9. The van der Waals surface area contributed by atoms with E-state index in [1.165, 1.54) is 16.2 Å². The van der Waals surface area contributed by atoms with Crippen molar-refractivity contribution >= 4 is 34.0 Å². The summed E-state index contributed by atoms with van der Waals surface area (Å²) in [4.78, 5) is 30.9. The van der Waals surface area contributed by atoms with Gasteiger partial charge >= 0.3 is 0 Å². The molecular formula is C22H22N4O3S. The van der Waals surface area contributed by atoms with Crippen molar-refractivity contribution in [2.75, 3.05) is 23.4 Å². The molecule has 1 aliphatic heterocycles. The molecule has 0 spiro atoms. The first-order valence-electron chi connectivity index (χ1n) is 9.53. The first-order chi connectivity index (χ1) is 14.5. The zero-order valence-corrected chi connectivity index (χ0v) is 17.7. The molecule has 1 aliphatic rings. The molecule has 154 valence electrons. The summed E-state index contributed by atoms with van der Waals surface area (Å²) in [6.07, 6.45) is 1.86. The Labute approximate surface area is 178 Å². The number of benzene rings is 1. The maximum atomic E-state index is 12.6. The SMILES string of the molecule is C=CCn1c(C)cc(-c2csc(NC(=O)CN3C(=O)COc4ccccc43)n2)c1C. The van der Waals surface area contributed by atoms with Crippen LogP contribution < -0.4 is 15.0 Å². The van der Waals surface area contributed by atoms with Crippen LogP contribution in [0.2, 0.25) is 0 Å². The molecule has 3 aromatic rings. The van der Waals surface area contributed by atoms with Crippen LogP contribution in [0, 0.1) is 13.8 Å². The van der Waals surface area contributed by atoms with Crippen LogP contribution in [0.25, 0.3) is 11.3 Å². The van der Waals surface area contributed by atoms with Crippen LogP contribution in [0.5, 0.6) is 5.75 Å². The minimum atomic E-state index is -0.307. The number of nitrogens with one attached hydrogen (secondary N) is 1. The van der Waals surface area contributed by atoms with Crippen molar-refractivity contribution in [3.05, 3.63) is 59.8 Å². The number of para-hydroxylation sites is 2. The van der Waals surface area contributed by atoms with Crippen molar-refractivity contribution in [1.29, 1.82) is 0 Å². The first-order valence-corrected chi connectivity index (χ1v) is 10.4. The van der Waals surface area contributed by atoms with Crippen LogP contribution in [0.3, 0.4) is 0 Å². The van der Waals surface area contributed by atoms with Crippen molar-refractivity contribution < 1.29 is 14.3 Å². The van der Waals surface area contributed by atoms with Crippen LogP contribution in [0.15, 0.2) is 48.4 Å². The topological polar surface area (TPSA) is 76.5 Å². The highest BCUT2D eigenvalue weighted by molar-refractivity contribution is 7.14. The summed E-state index contributed by atoms with van der Waals surface area (Å²) >= 11 is 1.36. The molecule has 0 radical (unpaired) electrons. The van der Waals surface area contributed by atoms with Gasteiger partial charge in [0.2, 0.25) is 5.91 Å². The number of carbonyl (C=O) groups excluding carboxylic acids is 2. The summed E-state index contributed by atoms with van der Waals surface area (Å²) in [5.41, 5.74) is 4.67. The Hall–Kier alpha value is -3.39. The number of hydrogen-bond acceptors (Lipinski definition) is 5. The van der Waals surface area contributed by atoms with Crippen LogP contribution in [0.1, 0.15) is 11.4 Å². The van der Waals surface area contributed by atoms with Crippen molar-refractivity contribution in [2.24, 2.45) is 0 Å². The molecular weight excluding hydrogens is 400 g/mol. The average Bonchev–Trinajstić information content (AvgIpc) is 3.30. The van der Waals surface area contributed by atoms with Crippen LogP contribution in [-0.2, 0) is 16.1 Å². The minimum absolute atomic E-state index is 0.0774. The molecule has 7 nitrogen and oxygen atoms in total. The zero-order valence-electron chi connectivity index (χ0n) is 16.8. The molecule has 0 atom stereocenters. The number of aryl methyl sites for hydroxylation is 1. The summed E-state index contributed by atoms with van der Waals surface area (Å²) < 4.78 is 7.58. The normalized spacial score (nSPS) is 13.0. The molecule has 30 heavy (non-hydrogen) atoms. The van der Waals surface area contributed by atoms with E-state index in [0.717, 1.165) is 29.2 Å². The number of aromatic nitrogens is 2. The third-order valence-electron chi connectivity index (χ3n) is 5.02. The fourth-order valence-electron chi connectivity index (χ4n) is 3.56. The molecule has 3 heterocycles. The summed E-state index contributed by atoms with van der Waals surface area (Å²) in [5, 5.41) is 5.23. The summed E-state index contributed by atoms with van der Waals surface area (Å²) in [5.74, 6) is 0.0349. The maximum Gasteiger partial charge on any atom is 0.265 e. The smallest absolute Gasteiger partial charge is 0.265 e. The summed E-state index contributed by atoms with van der Waals surface area (Å²) in [7, 11) is 0. The van der Waals surface area contributed by atoms with Gasteiger partial charge in [-0.3, -0.25) is 14.5 Å². The van der Waals surface area contributed by atoms with E-state index in [1.54, 1.807) is 12.1 Å². The number of amides is 2. The van der Waals surface area contributed by atoms with E-state index in [0.29, 0.717) is 16.6 Å². The Kier molecular flexibility index (Phi) is 5.41. The van der Waals surface area contributed by atoms with E-state index in [4.69, 9.17) is 4.74 Å². The fourth-order valence-corrected chi connectivity index (χ4v) is 4.28. The van der Waals surface area contributed by atoms with E-state index >= 15 is 0 Å². The highest BCUT2D eigenvalue weighted by Gasteiger charge is 2.27. The standard InChI is InChI=1S/C22H22N4O3S/c1-4-9-25-14(2)10-16(15(25)3)17-13-30-22(23-17)24-20(27)11-26-18-7-5-6-8-19(18)29-12-21(26)28/h4-8,10,13H,1,9,11-12H2,2-3H3,(H,23,24,27). The second-order valence-corrected chi connectivity index (χ2v) is 7.86. The molecule has 2 aromatic heterocycles. The number of hydrogen-bond donors (Lipinski definition) is 1. The molecule has 2 amide bonds. The zero-order chi connectivity index (χ0) is 21.3. The Morgan fingerprint density at radius 1 is 1.37 bits per heavy atom. The molecule has 0 unspecified atom stereocenters. The van der Waals surface area contributed by atoms with Gasteiger partial charge in [0.25, 0.3) is 5.91 Å². The molecule has 0 fully saturated rings. The Bertz CT molecular complexity index is 1130. The Balaban J connectivity index is 1.48. The lowest BCUT2D eigenvalue weighted by atomic mass is 10.2. The van der Waals surface area contributed by atoms with Crippen molar-refractivity contribution in [3.8, 4) is 17.0 Å². The van der Waals surface area contributed by atoms with Gasteiger partial charge in [0.05, 0.1) is 11.4 Å². The van der Waals surface area contributed by atoms with E-state index in [9.17, 15) is 9.59 Å². The predicted octanol–water partition coefficient (Wildman–Crippen LogP) is 3.78. The van der Waals surface area contributed by atoms with Crippen LogP contribution >= 0.6 is 11.3 Å². The maximum absolute atomic E-state index is 12.6. The third kappa shape index (κ3) is 3.73. The number of allylic oxidation sites excluding steroid dienone is 1. The van der Waals surface area contributed by atoms with Crippen molar-refractivity contribution in [3.63, 3.8) is 0 Å². The quantitative estimate of drug-likeness (QED) is 0.614. The van der Waals surface area contributed by atoms with E-state index in [-0.39, 0.29) is 25.0 Å². The Morgan fingerprint density at radius 2 is 2.17 bits per heavy atom. The van der Waals surface area contributed by atoms with Gasteiger partial charge in [-0.25, -0.2) is 4.98 Å². The molecule has 1 aromatic carbocycles. The lowest BCUT2D eigenvalue weighted by Crippen LogP contribution is -2.43. The fraction of sp³-hybridized carbons (Fsp3) is 0.227. The molecule has 4 rings (SSSR count). The van der Waals surface area contributed by atoms with E-state index in [2.05, 4.69) is 27.5 Å². The van der Waals surface area contributed by atoms with Gasteiger partial charge in [0.15, 0.2) is 11.7 Å². The van der Waals surface area contributed by atoms with Gasteiger partial charge in [-0.15, -0.1) is 17.9 Å². The number of rotatable bonds is 6. The monoisotopic (exact) mass is 422 g/mol. The molecule has 8 heteroatoms.